The first-order valence-electron chi connectivity index (χ1n) is 5.61. The summed E-state index contributed by atoms with van der Waals surface area (Å²) in [5.41, 5.74) is 6.93. The summed E-state index contributed by atoms with van der Waals surface area (Å²) in [5.74, 6) is 3.51. The largest absolute Gasteiger partial charge is 0.461 e. The summed E-state index contributed by atoms with van der Waals surface area (Å²) in [7, 11) is 0. The fourth-order valence-electron chi connectivity index (χ4n) is 1.72. The van der Waals surface area contributed by atoms with Crippen LogP contribution in [-0.2, 0) is 0 Å². The number of nitrogens with two attached hydrogens (primary N) is 1. The van der Waals surface area contributed by atoms with E-state index in [9.17, 15) is 0 Å². The van der Waals surface area contributed by atoms with E-state index in [1.807, 2.05) is 26.0 Å². The van der Waals surface area contributed by atoms with Gasteiger partial charge in [0, 0.05) is 12.0 Å². The van der Waals surface area contributed by atoms with Crippen LogP contribution in [0.25, 0.3) is 6.08 Å². The predicted octanol–water partition coefficient (Wildman–Crippen LogP) is 3.15. The van der Waals surface area contributed by atoms with Crippen LogP contribution in [0.15, 0.2) is 22.1 Å². The molecule has 2 N–H and O–H groups in total. The summed E-state index contributed by atoms with van der Waals surface area (Å²) < 4.78 is 5.77. The molecular formula is C13H19NO. The van der Waals surface area contributed by atoms with Crippen LogP contribution in [0.3, 0.4) is 0 Å². The van der Waals surface area contributed by atoms with Gasteiger partial charge in [0.2, 0.25) is 0 Å². The molecule has 0 spiro atoms. The second-order valence-electron chi connectivity index (χ2n) is 4.74. The maximum absolute atomic E-state index is 5.77. The van der Waals surface area contributed by atoms with E-state index in [0.29, 0.717) is 5.92 Å². The Morgan fingerprint density at radius 2 is 2.27 bits per heavy atom. The molecule has 1 aromatic rings. The minimum Gasteiger partial charge on any atom is -0.461 e. The van der Waals surface area contributed by atoms with Crippen LogP contribution in [0.2, 0.25) is 0 Å². The molecule has 1 aliphatic carbocycles. The van der Waals surface area contributed by atoms with Crippen molar-refractivity contribution in [3.63, 3.8) is 0 Å². The standard InChI is InChI=1S/C13H19NO/c1-8(10(3)14)6-11-4-5-13(15-11)12-7-9(12)2/h4-6,9-10,12H,7,14H2,1-3H3/b8-6+. The highest BCUT2D eigenvalue weighted by atomic mass is 16.3. The van der Waals surface area contributed by atoms with Crippen LogP contribution in [0, 0.1) is 5.92 Å². The summed E-state index contributed by atoms with van der Waals surface area (Å²) in [6, 6.07) is 4.22. The molecule has 0 amide bonds. The summed E-state index contributed by atoms with van der Waals surface area (Å²) >= 11 is 0. The fourth-order valence-corrected chi connectivity index (χ4v) is 1.72. The van der Waals surface area contributed by atoms with Crippen LogP contribution < -0.4 is 5.73 Å². The number of hydrogen-bond acceptors (Lipinski definition) is 2. The zero-order valence-corrected chi connectivity index (χ0v) is 9.66. The molecule has 0 radical (unpaired) electrons. The van der Waals surface area contributed by atoms with Crippen molar-refractivity contribution in [2.24, 2.45) is 11.7 Å². The molecule has 3 atom stereocenters. The minimum atomic E-state index is 0.0957. The third-order valence-electron chi connectivity index (χ3n) is 3.21. The Bertz CT molecular complexity index is 376. The van der Waals surface area contributed by atoms with Gasteiger partial charge in [-0.25, -0.2) is 0 Å². The average Bonchev–Trinajstić information content (AvgIpc) is 2.73. The van der Waals surface area contributed by atoms with E-state index in [2.05, 4.69) is 13.0 Å². The zero-order chi connectivity index (χ0) is 11.0. The minimum absolute atomic E-state index is 0.0957. The molecule has 2 nitrogen and oxygen atoms in total. The highest BCUT2D eigenvalue weighted by molar-refractivity contribution is 5.48. The summed E-state index contributed by atoms with van der Waals surface area (Å²) in [6.07, 6.45) is 3.30. The fraction of sp³-hybridized carbons (Fsp3) is 0.538. The Hall–Kier alpha value is -1.02. The van der Waals surface area contributed by atoms with Crippen molar-refractivity contribution in [3.05, 3.63) is 29.2 Å². The number of hydrogen-bond donors (Lipinski definition) is 1. The van der Waals surface area contributed by atoms with Crippen LogP contribution in [0.1, 0.15) is 44.6 Å². The van der Waals surface area contributed by atoms with Crippen LogP contribution in [-0.4, -0.2) is 6.04 Å². The maximum atomic E-state index is 5.77. The molecule has 1 fully saturated rings. The van der Waals surface area contributed by atoms with Crippen molar-refractivity contribution >= 4 is 6.08 Å². The second-order valence-corrected chi connectivity index (χ2v) is 4.74. The van der Waals surface area contributed by atoms with Gasteiger partial charge in [-0.05, 0) is 44.4 Å². The predicted molar refractivity (Wildman–Crippen MR) is 62.5 cm³/mol. The van der Waals surface area contributed by atoms with E-state index in [-0.39, 0.29) is 6.04 Å². The van der Waals surface area contributed by atoms with Crippen LogP contribution in [0.4, 0.5) is 0 Å². The molecule has 0 bridgehead atoms. The molecule has 1 saturated carbocycles. The zero-order valence-electron chi connectivity index (χ0n) is 9.66. The lowest BCUT2D eigenvalue weighted by Crippen LogP contribution is -2.15. The first-order chi connectivity index (χ1) is 7.08. The van der Waals surface area contributed by atoms with Gasteiger partial charge < -0.3 is 10.2 Å². The molecule has 0 saturated heterocycles. The van der Waals surface area contributed by atoms with Gasteiger partial charge in [0.05, 0.1) is 0 Å². The first-order valence-corrected chi connectivity index (χ1v) is 5.61. The molecule has 82 valence electrons. The smallest absolute Gasteiger partial charge is 0.127 e. The summed E-state index contributed by atoms with van der Waals surface area (Å²) in [5, 5.41) is 0. The molecule has 1 heterocycles. The Kier molecular flexibility index (Phi) is 2.70. The number of furan rings is 1. The van der Waals surface area contributed by atoms with E-state index < -0.39 is 0 Å². The van der Waals surface area contributed by atoms with Crippen molar-refractivity contribution in [2.75, 3.05) is 0 Å². The van der Waals surface area contributed by atoms with Gasteiger partial charge in [0.15, 0.2) is 0 Å². The average molecular weight is 205 g/mol. The molecule has 1 aliphatic rings. The quantitative estimate of drug-likeness (QED) is 0.823. The van der Waals surface area contributed by atoms with Gasteiger partial charge >= 0.3 is 0 Å². The van der Waals surface area contributed by atoms with Crippen molar-refractivity contribution < 1.29 is 4.42 Å². The van der Waals surface area contributed by atoms with Crippen LogP contribution in [0.5, 0.6) is 0 Å². The lowest BCUT2D eigenvalue weighted by atomic mass is 10.1. The van der Waals surface area contributed by atoms with Crippen molar-refractivity contribution in [1.82, 2.24) is 0 Å². The van der Waals surface area contributed by atoms with Crippen molar-refractivity contribution in [1.29, 1.82) is 0 Å². The SMILES string of the molecule is C/C(=C\c1ccc(C2CC2C)o1)C(C)N. The lowest BCUT2D eigenvalue weighted by Gasteiger charge is -2.03. The Labute approximate surface area is 91.2 Å². The van der Waals surface area contributed by atoms with E-state index >= 15 is 0 Å². The Morgan fingerprint density at radius 1 is 1.60 bits per heavy atom. The summed E-state index contributed by atoms with van der Waals surface area (Å²) in [4.78, 5) is 0. The van der Waals surface area contributed by atoms with E-state index in [1.165, 1.54) is 6.42 Å². The van der Waals surface area contributed by atoms with Gasteiger partial charge in [-0.3, -0.25) is 0 Å². The molecule has 15 heavy (non-hydrogen) atoms. The van der Waals surface area contributed by atoms with Gasteiger partial charge in [-0.2, -0.15) is 0 Å². The second kappa shape index (κ2) is 3.86. The third kappa shape index (κ3) is 2.32. The maximum Gasteiger partial charge on any atom is 0.127 e. The normalized spacial score (nSPS) is 27.9. The Morgan fingerprint density at radius 3 is 2.80 bits per heavy atom. The molecule has 2 rings (SSSR count). The van der Waals surface area contributed by atoms with Gasteiger partial charge in [0.1, 0.15) is 11.5 Å². The van der Waals surface area contributed by atoms with Crippen molar-refractivity contribution in [3.8, 4) is 0 Å². The molecule has 1 aromatic heterocycles. The first kappa shape index (κ1) is 10.5. The highest BCUT2D eigenvalue weighted by Gasteiger charge is 2.36. The summed E-state index contributed by atoms with van der Waals surface area (Å²) in [6.45, 7) is 6.28. The van der Waals surface area contributed by atoms with Gasteiger partial charge in [0.25, 0.3) is 0 Å². The Balaban J connectivity index is 2.10. The molecule has 0 aliphatic heterocycles. The van der Waals surface area contributed by atoms with Gasteiger partial charge in [-0.15, -0.1) is 0 Å². The highest BCUT2D eigenvalue weighted by Crippen LogP contribution is 2.47. The topological polar surface area (TPSA) is 39.2 Å². The van der Waals surface area contributed by atoms with E-state index in [4.69, 9.17) is 10.2 Å². The monoisotopic (exact) mass is 205 g/mol. The number of rotatable bonds is 3. The van der Waals surface area contributed by atoms with E-state index in [0.717, 1.165) is 23.0 Å². The lowest BCUT2D eigenvalue weighted by molar-refractivity contribution is 0.497. The van der Waals surface area contributed by atoms with Crippen LogP contribution >= 0.6 is 0 Å². The van der Waals surface area contributed by atoms with E-state index in [1.54, 1.807) is 0 Å². The van der Waals surface area contributed by atoms with Gasteiger partial charge in [-0.1, -0.05) is 12.5 Å². The molecule has 3 unspecified atom stereocenters. The van der Waals surface area contributed by atoms with Crippen molar-refractivity contribution in [2.45, 2.75) is 39.2 Å². The molecule has 2 heteroatoms. The third-order valence-corrected chi connectivity index (χ3v) is 3.21. The molecule has 0 aromatic carbocycles. The molecular weight excluding hydrogens is 186 g/mol.